The molecule has 2 aromatic rings. The molecule has 0 aliphatic rings. The van der Waals surface area contributed by atoms with Gasteiger partial charge in [-0.25, -0.2) is 0 Å². The molecule has 0 amide bonds. The summed E-state index contributed by atoms with van der Waals surface area (Å²) in [6.07, 6.45) is 0.960. The molecule has 0 aromatic heterocycles. The second-order valence-corrected chi connectivity index (χ2v) is 4.83. The van der Waals surface area contributed by atoms with Crippen molar-refractivity contribution in [1.29, 1.82) is 0 Å². The third kappa shape index (κ3) is 3.91. The number of benzene rings is 2. The summed E-state index contributed by atoms with van der Waals surface area (Å²) in [6, 6.07) is 21.2. The van der Waals surface area contributed by atoms with E-state index in [4.69, 9.17) is 5.73 Å². The molecule has 0 aliphatic heterocycles. The maximum absolute atomic E-state index is 6.25. The topological polar surface area (TPSA) is 38.0 Å². The van der Waals surface area contributed by atoms with Crippen molar-refractivity contribution in [3.8, 4) is 0 Å². The summed E-state index contributed by atoms with van der Waals surface area (Å²) in [7, 11) is 0. The fraction of sp³-hybridized carbons (Fsp3) is 0.294. The van der Waals surface area contributed by atoms with Crippen LogP contribution in [-0.2, 0) is 6.54 Å². The zero-order valence-corrected chi connectivity index (χ0v) is 11.4. The molecule has 0 saturated heterocycles. The number of nitrogens with two attached hydrogens (primary N) is 1. The number of hydrogen-bond acceptors (Lipinski definition) is 2. The van der Waals surface area contributed by atoms with Crippen LogP contribution in [0.1, 0.15) is 30.5 Å². The summed E-state index contributed by atoms with van der Waals surface area (Å²) in [5, 5.41) is 3.58. The molecule has 2 rings (SSSR count). The lowest BCUT2D eigenvalue weighted by molar-refractivity contribution is 0.432. The van der Waals surface area contributed by atoms with Crippen molar-refractivity contribution in [3.63, 3.8) is 0 Å². The summed E-state index contributed by atoms with van der Waals surface area (Å²) in [4.78, 5) is 0. The van der Waals surface area contributed by atoms with Crippen LogP contribution >= 0.6 is 0 Å². The molecule has 0 spiro atoms. The van der Waals surface area contributed by atoms with Gasteiger partial charge in [0.25, 0.3) is 0 Å². The van der Waals surface area contributed by atoms with Gasteiger partial charge in [0.2, 0.25) is 0 Å². The van der Waals surface area contributed by atoms with Crippen molar-refractivity contribution < 1.29 is 0 Å². The Balaban J connectivity index is 2.07. The zero-order chi connectivity index (χ0) is 13.5. The predicted molar refractivity (Wildman–Crippen MR) is 80.7 cm³/mol. The van der Waals surface area contributed by atoms with E-state index in [1.807, 2.05) is 12.1 Å². The third-order valence-electron chi connectivity index (χ3n) is 3.43. The van der Waals surface area contributed by atoms with Crippen LogP contribution in [0.25, 0.3) is 0 Å². The molecule has 0 radical (unpaired) electrons. The number of nitrogens with one attached hydrogen (secondary N) is 1. The lowest BCUT2D eigenvalue weighted by Gasteiger charge is -2.25. The highest BCUT2D eigenvalue weighted by Gasteiger charge is 2.17. The molecule has 19 heavy (non-hydrogen) atoms. The third-order valence-corrected chi connectivity index (χ3v) is 3.43. The van der Waals surface area contributed by atoms with Crippen molar-refractivity contribution in [3.05, 3.63) is 71.8 Å². The summed E-state index contributed by atoms with van der Waals surface area (Å²) in [6.45, 7) is 2.97. The summed E-state index contributed by atoms with van der Waals surface area (Å²) in [5.74, 6) is 0. The van der Waals surface area contributed by atoms with Crippen LogP contribution < -0.4 is 11.1 Å². The minimum Gasteiger partial charge on any atom is -0.326 e. The zero-order valence-electron chi connectivity index (χ0n) is 11.4. The highest BCUT2D eigenvalue weighted by Crippen LogP contribution is 2.18. The summed E-state index contributed by atoms with van der Waals surface area (Å²) in [5.41, 5.74) is 8.79. The van der Waals surface area contributed by atoms with Gasteiger partial charge < -0.3 is 11.1 Å². The van der Waals surface area contributed by atoms with Gasteiger partial charge >= 0.3 is 0 Å². The van der Waals surface area contributed by atoms with Crippen LogP contribution in [0.5, 0.6) is 0 Å². The average molecular weight is 254 g/mol. The number of hydrogen-bond donors (Lipinski definition) is 2. The maximum Gasteiger partial charge on any atom is 0.0476 e. The Bertz CT molecular complexity index is 467. The molecule has 0 unspecified atom stereocenters. The van der Waals surface area contributed by atoms with Crippen molar-refractivity contribution >= 4 is 0 Å². The first-order chi connectivity index (χ1) is 9.31. The number of rotatable bonds is 6. The highest BCUT2D eigenvalue weighted by atomic mass is 14.9. The maximum atomic E-state index is 6.25. The SMILES string of the molecule is CC[C@@H](N)[C@@H](NCc1ccccc1)c1ccccc1. The van der Waals surface area contributed by atoms with Crippen molar-refractivity contribution in [2.75, 3.05) is 0 Å². The van der Waals surface area contributed by atoms with E-state index in [1.165, 1.54) is 11.1 Å². The first kappa shape index (κ1) is 13.8. The van der Waals surface area contributed by atoms with E-state index >= 15 is 0 Å². The first-order valence-corrected chi connectivity index (χ1v) is 6.89. The summed E-state index contributed by atoms with van der Waals surface area (Å²) < 4.78 is 0. The van der Waals surface area contributed by atoms with Gasteiger partial charge in [-0.2, -0.15) is 0 Å². The Kier molecular flexibility index (Phi) is 5.13. The average Bonchev–Trinajstić information content (AvgIpc) is 2.49. The van der Waals surface area contributed by atoms with Gasteiger partial charge in [-0.05, 0) is 17.5 Å². The molecular weight excluding hydrogens is 232 g/mol. The quantitative estimate of drug-likeness (QED) is 0.830. The molecule has 2 aromatic carbocycles. The van der Waals surface area contributed by atoms with Gasteiger partial charge in [0.15, 0.2) is 0 Å². The molecule has 100 valence electrons. The fourth-order valence-electron chi connectivity index (χ4n) is 2.24. The van der Waals surface area contributed by atoms with Crippen LogP contribution in [0.15, 0.2) is 60.7 Å². The van der Waals surface area contributed by atoms with E-state index in [0.29, 0.717) is 0 Å². The van der Waals surface area contributed by atoms with Crippen molar-refractivity contribution in [2.45, 2.75) is 32.0 Å². The lowest BCUT2D eigenvalue weighted by atomic mass is 9.98. The van der Waals surface area contributed by atoms with Gasteiger partial charge in [-0.1, -0.05) is 67.6 Å². The smallest absolute Gasteiger partial charge is 0.0476 e. The molecule has 2 heteroatoms. The standard InChI is InChI=1S/C17H22N2/c1-2-16(18)17(15-11-7-4-8-12-15)19-13-14-9-5-3-6-10-14/h3-12,16-17,19H,2,13,18H2,1H3/t16-,17+/m1/s1. The Morgan fingerprint density at radius 1 is 0.947 bits per heavy atom. The summed E-state index contributed by atoms with van der Waals surface area (Å²) >= 11 is 0. The van der Waals surface area contributed by atoms with Gasteiger partial charge in [-0.15, -0.1) is 0 Å². The molecule has 2 nitrogen and oxygen atoms in total. The molecule has 0 aliphatic carbocycles. The van der Waals surface area contributed by atoms with Crippen molar-refractivity contribution in [2.24, 2.45) is 5.73 Å². The fourth-order valence-corrected chi connectivity index (χ4v) is 2.24. The second-order valence-electron chi connectivity index (χ2n) is 4.83. The van der Waals surface area contributed by atoms with E-state index < -0.39 is 0 Å². The Labute approximate surface area is 115 Å². The lowest BCUT2D eigenvalue weighted by Crippen LogP contribution is -2.37. The van der Waals surface area contributed by atoms with Crippen LogP contribution in [0.2, 0.25) is 0 Å². The van der Waals surface area contributed by atoms with Gasteiger partial charge in [0.05, 0.1) is 0 Å². The Hall–Kier alpha value is -1.64. The molecule has 0 fully saturated rings. The molecule has 0 heterocycles. The van der Waals surface area contributed by atoms with Crippen molar-refractivity contribution in [1.82, 2.24) is 5.32 Å². The van der Waals surface area contributed by atoms with E-state index in [0.717, 1.165) is 13.0 Å². The second kappa shape index (κ2) is 7.07. The van der Waals surface area contributed by atoms with Gasteiger partial charge in [0, 0.05) is 18.6 Å². The molecule has 2 atom stereocenters. The first-order valence-electron chi connectivity index (χ1n) is 6.89. The van der Waals surface area contributed by atoms with Crippen LogP contribution in [-0.4, -0.2) is 6.04 Å². The Morgan fingerprint density at radius 3 is 2.11 bits per heavy atom. The minimum absolute atomic E-state index is 0.131. The Morgan fingerprint density at radius 2 is 1.53 bits per heavy atom. The van der Waals surface area contributed by atoms with E-state index in [2.05, 4.69) is 60.8 Å². The van der Waals surface area contributed by atoms with Gasteiger partial charge in [0.1, 0.15) is 0 Å². The monoisotopic (exact) mass is 254 g/mol. The van der Waals surface area contributed by atoms with E-state index in [1.54, 1.807) is 0 Å². The van der Waals surface area contributed by atoms with E-state index in [9.17, 15) is 0 Å². The minimum atomic E-state index is 0.131. The largest absolute Gasteiger partial charge is 0.326 e. The molecule has 3 N–H and O–H groups in total. The normalized spacial score (nSPS) is 14.0. The molecular formula is C17H22N2. The van der Waals surface area contributed by atoms with Crippen LogP contribution in [0.3, 0.4) is 0 Å². The molecule has 0 bridgehead atoms. The van der Waals surface area contributed by atoms with Crippen LogP contribution in [0.4, 0.5) is 0 Å². The van der Waals surface area contributed by atoms with Crippen LogP contribution in [0, 0.1) is 0 Å². The predicted octanol–water partition coefficient (Wildman–Crippen LogP) is 3.25. The molecule has 0 saturated carbocycles. The van der Waals surface area contributed by atoms with Gasteiger partial charge in [-0.3, -0.25) is 0 Å². The van der Waals surface area contributed by atoms with E-state index in [-0.39, 0.29) is 12.1 Å². The highest BCUT2D eigenvalue weighted by molar-refractivity contribution is 5.21.